The molecule has 0 aliphatic rings. The molecule has 0 radical (unpaired) electrons. The van der Waals surface area contributed by atoms with Crippen molar-refractivity contribution in [1.82, 2.24) is 14.9 Å². The van der Waals surface area contributed by atoms with Gasteiger partial charge in [0.25, 0.3) is 0 Å². The highest BCUT2D eigenvalue weighted by atomic mass is 19.4. The molecule has 3 nitrogen and oxygen atoms in total. The topological polar surface area (TPSA) is 29.9 Å². The van der Waals surface area contributed by atoms with Gasteiger partial charge in [-0.15, -0.1) is 0 Å². The second-order valence-corrected chi connectivity index (χ2v) is 4.69. The van der Waals surface area contributed by atoms with E-state index in [9.17, 15) is 13.2 Å². The molecule has 0 amide bonds. The summed E-state index contributed by atoms with van der Waals surface area (Å²) >= 11 is 0. The molecule has 16 heavy (non-hydrogen) atoms. The molecule has 0 bridgehead atoms. The van der Waals surface area contributed by atoms with Gasteiger partial charge in [-0.2, -0.15) is 13.2 Å². The van der Waals surface area contributed by atoms with Gasteiger partial charge in [-0.25, -0.2) is 4.98 Å². The number of imidazole rings is 1. The van der Waals surface area contributed by atoms with E-state index in [0.29, 0.717) is 12.4 Å². The summed E-state index contributed by atoms with van der Waals surface area (Å²) in [6.45, 7) is 5.18. The van der Waals surface area contributed by atoms with E-state index in [2.05, 4.69) is 10.3 Å². The predicted molar refractivity (Wildman–Crippen MR) is 54.9 cm³/mol. The summed E-state index contributed by atoms with van der Waals surface area (Å²) in [6, 6.07) is 0. The van der Waals surface area contributed by atoms with Crippen LogP contribution in [0, 0.1) is 0 Å². The fourth-order valence-electron chi connectivity index (χ4n) is 1.19. The normalized spacial score (nSPS) is 13.1. The summed E-state index contributed by atoms with van der Waals surface area (Å²) in [5.41, 5.74) is -0.144. The second kappa shape index (κ2) is 4.45. The zero-order chi connectivity index (χ0) is 12.4. The summed E-state index contributed by atoms with van der Waals surface area (Å²) < 4.78 is 37.7. The van der Waals surface area contributed by atoms with Crippen molar-refractivity contribution in [3.8, 4) is 0 Å². The van der Waals surface area contributed by atoms with E-state index < -0.39 is 12.7 Å². The van der Waals surface area contributed by atoms with E-state index in [1.54, 1.807) is 0 Å². The van der Waals surface area contributed by atoms with Crippen LogP contribution >= 0.6 is 0 Å². The average molecular weight is 235 g/mol. The molecule has 92 valence electrons. The Kier molecular flexibility index (Phi) is 3.62. The molecule has 1 aromatic rings. The number of aromatic nitrogens is 2. The van der Waals surface area contributed by atoms with Gasteiger partial charge < -0.3 is 9.88 Å². The third-order valence-electron chi connectivity index (χ3n) is 1.93. The van der Waals surface area contributed by atoms with Crippen molar-refractivity contribution in [3.05, 3.63) is 18.2 Å². The van der Waals surface area contributed by atoms with Gasteiger partial charge in [0.15, 0.2) is 0 Å². The van der Waals surface area contributed by atoms with Gasteiger partial charge in [0.1, 0.15) is 12.4 Å². The molecular weight excluding hydrogens is 219 g/mol. The smallest absolute Gasteiger partial charge is 0.325 e. The lowest BCUT2D eigenvalue weighted by atomic mass is 10.1. The molecule has 0 aliphatic heterocycles. The maximum Gasteiger partial charge on any atom is 0.406 e. The molecule has 0 saturated heterocycles. The highest BCUT2D eigenvalue weighted by Crippen LogP contribution is 2.18. The van der Waals surface area contributed by atoms with Gasteiger partial charge in [0, 0.05) is 17.9 Å². The van der Waals surface area contributed by atoms with Gasteiger partial charge in [0.05, 0.1) is 6.54 Å². The number of alkyl halides is 3. The summed E-state index contributed by atoms with van der Waals surface area (Å²) in [7, 11) is 0. The van der Waals surface area contributed by atoms with Crippen LogP contribution in [0.2, 0.25) is 0 Å². The SMILES string of the molecule is CC(C)(C)NCc1nccn1CC(F)(F)F. The zero-order valence-electron chi connectivity index (χ0n) is 9.60. The number of nitrogens with zero attached hydrogens (tertiary/aromatic N) is 2. The van der Waals surface area contributed by atoms with Crippen molar-refractivity contribution < 1.29 is 13.2 Å². The maximum atomic E-state index is 12.2. The molecule has 0 aliphatic carbocycles. The van der Waals surface area contributed by atoms with Crippen LogP contribution in [0.3, 0.4) is 0 Å². The molecule has 0 atom stereocenters. The first-order chi connectivity index (χ1) is 7.17. The standard InChI is InChI=1S/C10H16F3N3/c1-9(2,3)15-6-8-14-4-5-16(8)7-10(11,12)13/h4-5,15H,6-7H2,1-3H3. The fourth-order valence-corrected chi connectivity index (χ4v) is 1.19. The van der Waals surface area contributed by atoms with Crippen molar-refractivity contribution >= 4 is 0 Å². The number of rotatable bonds is 3. The van der Waals surface area contributed by atoms with Gasteiger partial charge in [-0.05, 0) is 20.8 Å². The minimum atomic E-state index is -4.21. The van der Waals surface area contributed by atoms with E-state index in [1.165, 1.54) is 12.4 Å². The van der Waals surface area contributed by atoms with Crippen molar-refractivity contribution in [2.75, 3.05) is 0 Å². The number of hydrogen-bond acceptors (Lipinski definition) is 2. The summed E-state index contributed by atoms with van der Waals surface area (Å²) in [5, 5.41) is 3.10. The van der Waals surface area contributed by atoms with Crippen LogP contribution < -0.4 is 5.32 Å². The first kappa shape index (κ1) is 13.0. The van der Waals surface area contributed by atoms with Crippen LogP contribution in [0.5, 0.6) is 0 Å². The van der Waals surface area contributed by atoms with Gasteiger partial charge in [-0.1, -0.05) is 0 Å². The van der Waals surface area contributed by atoms with E-state index in [4.69, 9.17) is 0 Å². The molecule has 0 fully saturated rings. The van der Waals surface area contributed by atoms with Crippen LogP contribution in [-0.2, 0) is 13.1 Å². The largest absolute Gasteiger partial charge is 0.406 e. The minimum Gasteiger partial charge on any atom is -0.325 e. The Hall–Kier alpha value is -1.04. The summed E-state index contributed by atoms with van der Waals surface area (Å²) in [5.74, 6) is 0.396. The lowest BCUT2D eigenvalue weighted by molar-refractivity contribution is -0.141. The van der Waals surface area contributed by atoms with Crippen LogP contribution in [0.4, 0.5) is 13.2 Å². The first-order valence-electron chi connectivity index (χ1n) is 4.99. The molecule has 6 heteroatoms. The van der Waals surface area contributed by atoms with Crippen LogP contribution in [0.1, 0.15) is 26.6 Å². The second-order valence-electron chi connectivity index (χ2n) is 4.69. The Morgan fingerprint density at radius 1 is 1.31 bits per heavy atom. The minimum absolute atomic E-state index is 0.144. The zero-order valence-corrected chi connectivity index (χ0v) is 9.60. The molecule has 1 heterocycles. The van der Waals surface area contributed by atoms with Gasteiger partial charge in [-0.3, -0.25) is 0 Å². The lowest BCUT2D eigenvalue weighted by Gasteiger charge is -2.20. The van der Waals surface area contributed by atoms with Crippen molar-refractivity contribution in [1.29, 1.82) is 0 Å². The molecule has 0 spiro atoms. The number of nitrogens with one attached hydrogen (secondary N) is 1. The van der Waals surface area contributed by atoms with E-state index in [-0.39, 0.29) is 5.54 Å². The third-order valence-corrected chi connectivity index (χ3v) is 1.93. The predicted octanol–water partition coefficient (Wildman–Crippen LogP) is 2.33. The van der Waals surface area contributed by atoms with E-state index in [1.807, 2.05) is 20.8 Å². The average Bonchev–Trinajstić information content (AvgIpc) is 2.44. The third kappa shape index (κ3) is 4.65. The Morgan fingerprint density at radius 3 is 2.44 bits per heavy atom. The summed E-state index contributed by atoms with van der Waals surface area (Å²) in [6.07, 6.45) is -1.49. The number of halogens is 3. The Morgan fingerprint density at radius 2 is 1.94 bits per heavy atom. The molecule has 0 saturated carbocycles. The maximum absolute atomic E-state index is 12.2. The van der Waals surface area contributed by atoms with Crippen molar-refractivity contribution in [2.24, 2.45) is 0 Å². The highest BCUT2D eigenvalue weighted by Gasteiger charge is 2.28. The molecule has 0 unspecified atom stereocenters. The molecule has 0 aromatic carbocycles. The van der Waals surface area contributed by atoms with Crippen LogP contribution in [0.15, 0.2) is 12.4 Å². The van der Waals surface area contributed by atoms with E-state index in [0.717, 1.165) is 4.57 Å². The van der Waals surface area contributed by atoms with Gasteiger partial charge >= 0.3 is 6.18 Å². The van der Waals surface area contributed by atoms with E-state index >= 15 is 0 Å². The fraction of sp³-hybridized carbons (Fsp3) is 0.700. The Balaban J connectivity index is 2.64. The van der Waals surface area contributed by atoms with Crippen LogP contribution in [-0.4, -0.2) is 21.3 Å². The highest BCUT2D eigenvalue weighted by molar-refractivity contribution is 4.93. The quantitative estimate of drug-likeness (QED) is 0.871. The first-order valence-corrected chi connectivity index (χ1v) is 4.99. The molecule has 1 rings (SSSR count). The number of hydrogen-bond donors (Lipinski definition) is 1. The van der Waals surface area contributed by atoms with Crippen molar-refractivity contribution in [3.63, 3.8) is 0 Å². The molecular formula is C10H16F3N3. The lowest BCUT2D eigenvalue weighted by Crippen LogP contribution is -2.36. The summed E-state index contributed by atoms with van der Waals surface area (Å²) in [4.78, 5) is 3.90. The van der Waals surface area contributed by atoms with Crippen LogP contribution in [0.25, 0.3) is 0 Å². The Bertz CT molecular complexity index is 336. The molecule has 1 N–H and O–H groups in total. The van der Waals surface area contributed by atoms with Gasteiger partial charge in [0.2, 0.25) is 0 Å². The monoisotopic (exact) mass is 235 g/mol. The Labute approximate surface area is 92.7 Å². The van der Waals surface area contributed by atoms with Crippen molar-refractivity contribution in [2.45, 2.75) is 45.6 Å². The molecule has 1 aromatic heterocycles.